The summed E-state index contributed by atoms with van der Waals surface area (Å²) in [5, 5.41) is 3.41. The van der Waals surface area contributed by atoms with E-state index in [4.69, 9.17) is 13.9 Å². The van der Waals surface area contributed by atoms with Crippen molar-refractivity contribution in [2.75, 3.05) is 6.61 Å². The lowest BCUT2D eigenvalue weighted by Gasteiger charge is -2.20. The molecule has 1 N–H and O–H groups in total. The van der Waals surface area contributed by atoms with E-state index in [-0.39, 0.29) is 6.10 Å². The Balaban J connectivity index is 1.33. The minimum Gasteiger partial charge on any atom is -0.462 e. The first-order valence-corrected chi connectivity index (χ1v) is 9.46. The van der Waals surface area contributed by atoms with Crippen molar-refractivity contribution in [1.29, 1.82) is 0 Å². The topological polar surface area (TPSA) is 56.5 Å². The van der Waals surface area contributed by atoms with Gasteiger partial charge in [-0.2, -0.15) is 0 Å². The number of aromatic nitrogens is 1. The van der Waals surface area contributed by atoms with E-state index in [0.717, 1.165) is 42.3 Å². The molecule has 0 amide bonds. The molecule has 0 saturated carbocycles. The SMILES string of the molecule is c1ccc(Oc2ncccc2CNCc2ccc([C@@H]3CCCCO3)o2)cc1. The first-order valence-electron chi connectivity index (χ1n) is 9.46. The van der Waals surface area contributed by atoms with Crippen molar-refractivity contribution in [3.05, 3.63) is 77.9 Å². The number of ether oxygens (including phenoxy) is 2. The van der Waals surface area contributed by atoms with Crippen LogP contribution in [-0.2, 0) is 17.8 Å². The highest BCUT2D eigenvalue weighted by atomic mass is 16.5. The minimum absolute atomic E-state index is 0.108. The molecule has 5 heteroatoms. The van der Waals surface area contributed by atoms with Crippen LogP contribution in [0.15, 0.2) is 65.2 Å². The number of benzene rings is 1. The van der Waals surface area contributed by atoms with Gasteiger partial charge in [0.1, 0.15) is 23.4 Å². The van der Waals surface area contributed by atoms with Gasteiger partial charge in [0.15, 0.2) is 0 Å². The standard InChI is InChI=1S/C22H24N2O3/c1-2-8-18(9-3-1)27-22-17(7-6-13-24-22)15-23-16-19-11-12-21(26-19)20-10-4-5-14-25-20/h1-3,6-9,11-13,20,23H,4-5,10,14-16H2/t20-/m0/s1. The molecule has 0 aliphatic carbocycles. The summed E-state index contributed by atoms with van der Waals surface area (Å²) >= 11 is 0. The normalized spacial score (nSPS) is 17.0. The molecule has 3 heterocycles. The Morgan fingerprint density at radius 3 is 2.78 bits per heavy atom. The fourth-order valence-electron chi connectivity index (χ4n) is 3.20. The molecule has 0 spiro atoms. The molecule has 0 bridgehead atoms. The largest absolute Gasteiger partial charge is 0.462 e. The van der Waals surface area contributed by atoms with Crippen molar-refractivity contribution in [1.82, 2.24) is 10.3 Å². The predicted molar refractivity (Wildman–Crippen MR) is 103 cm³/mol. The lowest BCUT2D eigenvalue weighted by molar-refractivity contribution is 0.00122. The Kier molecular flexibility index (Phi) is 5.82. The van der Waals surface area contributed by atoms with Crippen LogP contribution in [0.1, 0.15) is 42.5 Å². The Morgan fingerprint density at radius 2 is 1.93 bits per heavy atom. The maximum absolute atomic E-state index is 5.95. The molecule has 0 radical (unpaired) electrons. The molecule has 4 rings (SSSR count). The maximum atomic E-state index is 5.95. The predicted octanol–water partition coefficient (Wildman–Crippen LogP) is 5.00. The molecule has 5 nitrogen and oxygen atoms in total. The third kappa shape index (κ3) is 4.76. The van der Waals surface area contributed by atoms with Gasteiger partial charge in [0, 0.05) is 24.9 Å². The van der Waals surface area contributed by atoms with E-state index in [0.29, 0.717) is 19.0 Å². The van der Waals surface area contributed by atoms with E-state index in [1.807, 2.05) is 54.6 Å². The number of furan rings is 1. The summed E-state index contributed by atoms with van der Waals surface area (Å²) in [5.41, 5.74) is 1.00. The van der Waals surface area contributed by atoms with Crippen molar-refractivity contribution in [3.63, 3.8) is 0 Å². The van der Waals surface area contributed by atoms with Crippen LogP contribution in [0.25, 0.3) is 0 Å². The van der Waals surface area contributed by atoms with Gasteiger partial charge in [0.05, 0.1) is 6.54 Å². The molecule has 0 unspecified atom stereocenters. The molecule has 27 heavy (non-hydrogen) atoms. The molecular formula is C22H24N2O3. The van der Waals surface area contributed by atoms with Gasteiger partial charge in [0.2, 0.25) is 5.88 Å². The van der Waals surface area contributed by atoms with Gasteiger partial charge >= 0.3 is 0 Å². The zero-order valence-electron chi connectivity index (χ0n) is 15.3. The smallest absolute Gasteiger partial charge is 0.223 e. The van der Waals surface area contributed by atoms with Crippen LogP contribution in [0.3, 0.4) is 0 Å². The summed E-state index contributed by atoms with van der Waals surface area (Å²) in [5.74, 6) is 3.24. The summed E-state index contributed by atoms with van der Waals surface area (Å²) in [6, 6.07) is 17.7. The van der Waals surface area contributed by atoms with E-state index in [1.54, 1.807) is 6.20 Å². The summed E-state index contributed by atoms with van der Waals surface area (Å²) < 4.78 is 17.6. The lowest BCUT2D eigenvalue weighted by atomic mass is 10.1. The molecule has 2 aromatic heterocycles. The minimum atomic E-state index is 0.108. The average Bonchev–Trinajstić information content (AvgIpc) is 3.20. The number of para-hydroxylation sites is 1. The second kappa shape index (κ2) is 8.84. The van der Waals surface area contributed by atoms with Crippen LogP contribution in [0, 0.1) is 0 Å². The van der Waals surface area contributed by atoms with Crippen LogP contribution >= 0.6 is 0 Å². The van der Waals surface area contributed by atoms with Gasteiger partial charge in [-0.3, -0.25) is 0 Å². The van der Waals surface area contributed by atoms with Gasteiger partial charge in [-0.05, 0) is 49.6 Å². The summed E-state index contributed by atoms with van der Waals surface area (Å²) in [7, 11) is 0. The van der Waals surface area contributed by atoms with Gasteiger partial charge in [0.25, 0.3) is 0 Å². The maximum Gasteiger partial charge on any atom is 0.223 e. The molecule has 1 atom stereocenters. The number of nitrogens with zero attached hydrogens (tertiary/aromatic N) is 1. The Bertz CT molecular complexity index is 842. The van der Waals surface area contributed by atoms with E-state index in [9.17, 15) is 0 Å². The van der Waals surface area contributed by atoms with Crippen molar-refractivity contribution >= 4 is 0 Å². The van der Waals surface area contributed by atoms with E-state index < -0.39 is 0 Å². The second-order valence-corrected chi connectivity index (χ2v) is 6.65. The zero-order chi connectivity index (χ0) is 18.3. The Hall–Kier alpha value is -2.63. The molecular weight excluding hydrogens is 340 g/mol. The summed E-state index contributed by atoms with van der Waals surface area (Å²) in [6.07, 6.45) is 5.23. The number of rotatable bonds is 7. The van der Waals surface area contributed by atoms with E-state index in [2.05, 4.69) is 10.3 Å². The molecule has 1 aliphatic rings. The highest BCUT2D eigenvalue weighted by Gasteiger charge is 2.19. The molecule has 3 aromatic rings. The summed E-state index contributed by atoms with van der Waals surface area (Å²) in [6.45, 7) is 2.11. The Morgan fingerprint density at radius 1 is 1.00 bits per heavy atom. The number of hydrogen-bond donors (Lipinski definition) is 1. The van der Waals surface area contributed by atoms with Gasteiger partial charge in [-0.25, -0.2) is 4.98 Å². The zero-order valence-corrected chi connectivity index (χ0v) is 15.3. The third-order valence-corrected chi connectivity index (χ3v) is 4.60. The van der Waals surface area contributed by atoms with Crippen LogP contribution < -0.4 is 10.1 Å². The fourth-order valence-corrected chi connectivity index (χ4v) is 3.20. The molecule has 1 fully saturated rings. The van der Waals surface area contributed by atoms with Crippen molar-refractivity contribution < 1.29 is 13.9 Å². The molecule has 1 aliphatic heterocycles. The number of nitrogens with one attached hydrogen (secondary N) is 1. The first-order chi connectivity index (χ1) is 13.4. The second-order valence-electron chi connectivity index (χ2n) is 6.65. The number of hydrogen-bond acceptors (Lipinski definition) is 5. The number of pyridine rings is 1. The van der Waals surface area contributed by atoms with Crippen molar-refractivity contribution in [3.8, 4) is 11.6 Å². The van der Waals surface area contributed by atoms with Crippen LogP contribution in [0.2, 0.25) is 0 Å². The summed E-state index contributed by atoms with van der Waals surface area (Å²) in [4.78, 5) is 4.36. The van der Waals surface area contributed by atoms with E-state index in [1.165, 1.54) is 6.42 Å². The van der Waals surface area contributed by atoms with Gasteiger partial charge in [-0.1, -0.05) is 24.3 Å². The fraction of sp³-hybridized carbons (Fsp3) is 0.318. The molecule has 1 saturated heterocycles. The van der Waals surface area contributed by atoms with Crippen molar-refractivity contribution in [2.24, 2.45) is 0 Å². The van der Waals surface area contributed by atoms with Gasteiger partial charge in [-0.15, -0.1) is 0 Å². The Labute approximate surface area is 159 Å². The lowest BCUT2D eigenvalue weighted by Crippen LogP contribution is -2.13. The third-order valence-electron chi connectivity index (χ3n) is 4.60. The first kappa shape index (κ1) is 17.8. The molecule has 1 aromatic carbocycles. The van der Waals surface area contributed by atoms with E-state index >= 15 is 0 Å². The highest BCUT2D eigenvalue weighted by molar-refractivity contribution is 5.32. The van der Waals surface area contributed by atoms with Crippen molar-refractivity contribution in [2.45, 2.75) is 38.5 Å². The van der Waals surface area contributed by atoms with Crippen LogP contribution in [0.5, 0.6) is 11.6 Å². The van der Waals surface area contributed by atoms with Gasteiger partial charge < -0.3 is 19.2 Å². The van der Waals surface area contributed by atoms with Crippen LogP contribution in [0.4, 0.5) is 0 Å². The van der Waals surface area contributed by atoms with Crippen LogP contribution in [-0.4, -0.2) is 11.6 Å². The monoisotopic (exact) mass is 364 g/mol. The highest BCUT2D eigenvalue weighted by Crippen LogP contribution is 2.29. The average molecular weight is 364 g/mol. The molecule has 140 valence electrons. The quantitative estimate of drug-likeness (QED) is 0.639.